The number of amides is 1. The molecular formula is C15H28N2O2. The summed E-state index contributed by atoms with van der Waals surface area (Å²) in [6.07, 6.45) is 6.15. The van der Waals surface area contributed by atoms with Gasteiger partial charge < -0.3 is 14.9 Å². The Morgan fingerprint density at radius 1 is 1.16 bits per heavy atom. The molecule has 1 N–H and O–H groups in total. The second kappa shape index (κ2) is 7.25. The van der Waals surface area contributed by atoms with Crippen molar-refractivity contribution in [3.63, 3.8) is 0 Å². The Kier molecular flexibility index (Phi) is 5.64. The lowest BCUT2D eigenvalue weighted by Gasteiger charge is -2.36. The van der Waals surface area contributed by atoms with Crippen LogP contribution in [0.4, 0.5) is 0 Å². The van der Waals surface area contributed by atoms with Crippen molar-refractivity contribution in [1.82, 2.24) is 9.80 Å². The number of aliphatic hydroxyl groups excluding tert-OH is 1. The maximum atomic E-state index is 12.4. The number of β-amino-alcohol motifs (C(OH)–C–C–N with tert-alkyl or cyclic N) is 1. The van der Waals surface area contributed by atoms with Gasteiger partial charge in [-0.2, -0.15) is 0 Å². The van der Waals surface area contributed by atoms with E-state index in [1.165, 1.54) is 19.3 Å². The average Bonchev–Trinajstić information content (AvgIpc) is 2.48. The molecule has 1 atom stereocenters. The first-order valence-corrected chi connectivity index (χ1v) is 7.90. The highest BCUT2D eigenvalue weighted by Crippen LogP contribution is 2.22. The van der Waals surface area contributed by atoms with Crippen LogP contribution in [0.1, 0.15) is 45.4 Å². The predicted molar refractivity (Wildman–Crippen MR) is 75.9 cm³/mol. The molecule has 0 aromatic heterocycles. The number of hydrogen-bond donors (Lipinski definition) is 1. The lowest BCUT2D eigenvalue weighted by molar-refractivity contribution is -0.138. The van der Waals surface area contributed by atoms with Crippen LogP contribution in [0.5, 0.6) is 0 Å². The summed E-state index contributed by atoms with van der Waals surface area (Å²) in [7, 11) is 0. The molecule has 4 heteroatoms. The number of rotatable bonds is 4. The van der Waals surface area contributed by atoms with Gasteiger partial charge in [0.2, 0.25) is 5.91 Å². The van der Waals surface area contributed by atoms with Crippen LogP contribution in [-0.2, 0) is 4.79 Å². The monoisotopic (exact) mass is 268 g/mol. The molecule has 2 fully saturated rings. The molecule has 2 saturated heterocycles. The van der Waals surface area contributed by atoms with Crippen molar-refractivity contribution in [2.45, 2.75) is 51.6 Å². The number of likely N-dealkylation sites (tertiary alicyclic amines) is 2. The minimum Gasteiger partial charge on any atom is -0.392 e. The molecule has 1 unspecified atom stereocenters. The van der Waals surface area contributed by atoms with Crippen LogP contribution in [0.3, 0.4) is 0 Å². The molecular weight excluding hydrogens is 240 g/mol. The van der Waals surface area contributed by atoms with Crippen LogP contribution in [0.15, 0.2) is 0 Å². The molecule has 0 aliphatic carbocycles. The van der Waals surface area contributed by atoms with Crippen molar-refractivity contribution in [3.8, 4) is 0 Å². The van der Waals surface area contributed by atoms with Crippen LogP contribution in [0.2, 0.25) is 0 Å². The van der Waals surface area contributed by atoms with E-state index in [1.54, 1.807) is 0 Å². The first kappa shape index (κ1) is 14.8. The van der Waals surface area contributed by atoms with Gasteiger partial charge in [-0.25, -0.2) is 0 Å². The van der Waals surface area contributed by atoms with Gasteiger partial charge in [-0.1, -0.05) is 6.92 Å². The molecule has 0 saturated carbocycles. The summed E-state index contributed by atoms with van der Waals surface area (Å²) in [5.74, 6) is 0.614. The zero-order chi connectivity index (χ0) is 13.7. The molecule has 110 valence electrons. The first-order valence-electron chi connectivity index (χ1n) is 7.90. The zero-order valence-corrected chi connectivity index (χ0v) is 12.2. The molecule has 2 rings (SSSR count). The number of hydrogen-bond acceptors (Lipinski definition) is 3. The molecule has 2 heterocycles. The molecule has 2 aliphatic heterocycles. The van der Waals surface area contributed by atoms with Crippen molar-refractivity contribution >= 4 is 5.91 Å². The molecule has 0 aromatic carbocycles. The lowest BCUT2D eigenvalue weighted by Crippen LogP contribution is -2.45. The number of nitrogens with zero attached hydrogens (tertiary/aromatic N) is 2. The van der Waals surface area contributed by atoms with E-state index in [0.29, 0.717) is 5.91 Å². The van der Waals surface area contributed by atoms with E-state index in [1.807, 2.05) is 6.92 Å². The number of carbonyl (C=O) groups is 1. The summed E-state index contributed by atoms with van der Waals surface area (Å²) >= 11 is 0. The van der Waals surface area contributed by atoms with Crippen molar-refractivity contribution in [2.24, 2.45) is 5.92 Å². The van der Waals surface area contributed by atoms with E-state index in [2.05, 4.69) is 9.80 Å². The predicted octanol–water partition coefficient (Wildman–Crippen LogP) is 1.48. The fraction of sp³-hybridized carbons (Fsp3) is 0.933. The maximum absolute atomic E-state index is 12.4. The largest absolute Gasteiger partial charge is 0.392 e. The fourth-order valence-corrected chi connectivity index (χ4v) is 3.16. The van der Waals surface area contributed by atoms with Crippen LogP contribution in [-0.4, -0.2) is 59.6 Å². The van der Waals surface area contributed by atoms with E-state index in [-0.39, 0.29) is 12.0 Å². The Labute approximate surface area is 116 Å². The third-order valence-corrected chi connectivity index (χ3v) is 4.54. The normalized spacial score (nSPS) is 24.4. The van der Waals surface area contributed by atoms with Crippen LogP contribution in [0.25, 0.3) is 0 Å². The smallest absolute Gasteiger partial charge is 0.225 e. The summed E-state index contributed by atoms with van der Waals surface area (Å²) < 4.78 is 0. The maximum Gasteiger partial charge on any atom is 0.225 e. The molecule has 2 aliphatic rings. The Balaban J connectivity index is 1.74. The molecule has 1 amide bonds. The second-order valence-electron chi connectivity index (χ2n) is 6.02. The Hall–Kier alpha value is -0.610. The van der Waals surface area contributed by atoms with Crippen molar-refractivity contribution in [3.05, 3.63) is 0 Å². The summed E-state index contributed by atoms with van der Waals surface area (Å²) in [6.45, 7) is 6.63. The van der Waals surface area contributed by atoms with E-state index >= 15 is 0 Å². The Bertz CT molecular complexity index is 282. The van der Waals surface area contributed by atoms with E-state index in [4.69, 9.17) is 0 Å². The average molecular weight is 268 g/mol. The summed E-state index contributed by atoms with van der Waals surface area (Å²) in [5.41, 5.74) is 0. The highest BCUT2D eigenvalue weighted by atomic mass is 16.3. The molecule has 4 nitrogen and oxygen atoms in total. The van der Waals surface area contributed by atoms with Gasteiger partial charge in [-0.3, -0.25) is 4.79 Å². The third kappa shape index (κ3) is 4.18. The van der Waals surface area contributed by atoms with Crippen molar-refractivity contribution < 1.29 is 9.90 Å². The highest BCUT2D eigenvalue weighted by Gasteiger charge is 2.29. The number of carbonyl (C=O) groups excluding carboxylic acids is 1. The minimum atomic E-state index is -0.214. The molecule has 0 bridgehead atoms. The van der Waals surface area contributed by atoms with Gasteiger partial charge in [0.05, 0.1) is 6.10 Å². The summed E-state index contributed by atoms with van der Waals surface area (Å²) in [5, 5.41) is 9.67. The second-order valence-corrected chi connectivity index (χ2v) is 6.02. The standard InChI is InChI=1S/C15H28N2O2/c1-2-14(18)12-16-10-6-13(7-11-16)15(19)17-8-4-3-5-9-17/h13-14,18H,2-12H2,1H3. The quantitative estimate of drug-likeness (QED) is 0.840. The topological polar surface area (TPSA) is 43.8 Å². The first-order chi connectivity index (χ1) is 9.20. The summed E-state index contributed by atoms with van der Waals surface area (Å²) in [4.78, 5) is 16.8. The Morgan fingerprint density at radius 2 is 1.79 bits per heavy atom. The van der Waals surface area contributed by atoms with E-state index in [0.717, 1.165) is 52.0 Å². The van der Waals surface area contributed by atoms with Crippen LogP contribution in [0, 0.1) is 5.92 Å². The number of aliphatic hydroxyl groups is 1. The molecule has 0 spiro atoms. The zero-order valence-electron chi connectivity index (χ0n) is 12.2. The van der Waals surface area contributed by atoms with E-state index in [9.17, 15) is 9.90 Å². The third-order valence-electron chi connectivity index (χ3n) is 4.54. The van der Waals surface area contributed by atoms with Gasteiger partial charge in [-0.05, 0) is 51.6 Å². The van der Waals surface area contributed by atoms with Crippen LogP contribution < -0.4 is 0 Å². The van der Waals surface area contributed by atoms with Crippen LogP contribution >= 0.6 is 0 Å². The van der Waals surface area contributed by atoms with Gasteiger partial charge in [0.25, 0.3) is 0 Å². The van der Waals surface area contributed by atoms with E-state index < -0.39 is 0 Å². The van der Waals surface area contributed by atoms with Crippen molar-refractivity contribution in [2.75, 3.05) is 32.7 Å². The lowest BCUT2D eigenvalue weighted by atomic mass is 9.94. The fourth-order valence-electron chi connectivity index (χ4n) is 3.16. The van der Waals surface area contributed by atoms with Gasteiger partial charge in [0.1, 0.15) is 0 Å². The Morgan fingerprint density at radius 3 is 2.37 bits per heavy atom. The summed E-state index contributed by atoms with van der Waals surface area (Å²) in [6, 6.07) is 0. The molecule has 0 radical (unpaired) electrons. The molecule has 0 aromatic rings. The minimum absolute atomic E-state index is 0.214. The highest BCUT2D eigenvalue weighted by molar-refractivity contribution is 5.79. The van der Waals surface area contributed by atoms with Gasteiger partial charge in [0.15, 0.2) is 0 Å². The van der Waals surface area contributed by atoms with Gasteiger partial charge in [0, 0.05) is 25.6 Å². The van der Waals surface area contributed by atoms with Crippen molar-refractivity contribution in [1.29, 1.82) is 0 Å². The van der Waals surface area contributed by atoms with Gasteiger partial charge >= 0.3 is 0 Å². The molecule has 19 heavy (non-hydrogen) atoms. The number of piperidine rings is 2. The SMILES string of the molecule is CCC(O)CN1CCC(C(=O)N2CCCCC2)CC1. The van der Waals surface area contributed by atoms with Gasteiger partial charge in [-0.15, -0.1) is 0 Å².